The summed E-state index contributed by atoms with van der Waals surface area (Å²) in [5.41, 5.74) is 7.95. The molecule has 0 spiro atoms. The third kappa shape index (κ3) is 5.39. The highest BCUT2D eigenvalue weighted by Gasteiger charge is 2.30. The first kappa shape index (κ1) is 27.0. The molecule has 7 rings (SSSR count). The van der Waals surface area contributed by atoms with Crippen LogP contribution in [-0.2, 0) is 28.9 Å². The maximum absolute atomic E-state index is 13.2. The normalized spacial score (nSPS) is 14.3. The molecule has 0 saturated carbocycles. The van der Waals surface area contributed by atoms with E-state index in [-0.39, 0.29) is 11.8 Å². The molecule has 5 aromatic rings. The average Bonchev–Trinajstić information content (AvgIpc) is 3.63. The van der Waals surface area contributed by atoms with Crippen LogP contribution < -0.4 is 10.2 Å². The van der Waals surface area contributed by atoms with E-state index in [0.717, 1.165) is 76.0 Å². The second kappa shape index (κ2) is 11.4. The molecule has 1 fully saturated rings. The number of amides is 2. The third-order valence-corrected chi connectivity index (χ3v) is 8.94. The lowest BCUT2D eigenvalue weighted by atomic mass is 9.95. The van der Waals surface area contributed by atoms with E-state index in [1.165, 1.54) is 18.3 Å². The fraction of sp³-hybridized carbons (Fsp3) is 0.250. The predicted octanol–water partition coefficient (Wildman–Crippen LogP) is 4.40. The van der Waals surface area contributed by atoms with Gasteiger partial charge < -0.3 is 15.1 Å². The number of hydrogen-bond donors (Lipinski definition) is 1. The van der Waals surface area contributed by atoms with Gasteiger partial charge in [-0.15, -0.1) is 0 Å². The summed E-state index contributed by atoms with van der Waals surface area (Å²) in [4.78, 5) is 43.3. The Morgan fingerprint density at radius 2 is 1.70 bits per heavy atom. The smallest absolute Gasteiger partial charge is 0.227 e. The van der Waals surface area contributed by atoms with Crippen molar-refractivity contribution in [3.05, 3.63) is 90.1 Å². The van der Waals surface area contributed by atoms with E-state index in [2.05, 4.69) is 20.2 Å². The summed E-state index contributed by atoms with van der Waals surface area (Å²) < 4.78 is 1.97. The summed E-state index contributed by atoms with van der Waals surface area (Å²) in [5, 5.41) is 8.52. The molecule has 43 heavy (non-hydrogen) atoms. The zero-order valence-electron chi connectivity index (χ0n) is 23.7. The lowest BCUT2D eigenvalue weighted by Gasteiger charge is -2.36. The highest BCUT2D eigenvalue weighted by molar-refractivity contribution is 7.19. The number of nitrogens with one attached hydrogen (secondary N) is 1. The number of rotatable bonds is 6. The van der Waals surface area contributed by atoms with Crippen molar-refractivity contribution in [1.82, 2.24) is 29.6 Å². The summed E-state index contributed by atoms with van der Waals surface area (Å²) in [6.07, 6.45) is 9.11. The number of benzene rings is 1. The molecule has 1 aliphatic carbocycles. The molecule has 0 unspecified atom stereocenters. The van der Waals surface area contributed by atoms with Gasteiger partial charge in [0.05, 0.1) is 34.1 Å². The van der Waals surface area contributed by atoms with Gasteiger partial charge in [-0.1, -0.05) is 23.5 Å². The van der Waals surface area contributed by atoms with E-state index in [1.54, 1.807) is 18.6 Å². The standard InChI is InChI=1S/C32H30N8O2S/c1-21(41)35-32-36-27-9-8-26-29(23-3-2-12-34-20-23)37-40(30(26)31(27)43-32)25-6-4-22(5-7-25)19-28(42)39-17-15-38(16-18-39)24-10-13-33-14-11-24/h2-7,10-14,20H,8-9,15-19H2,1H3,(H,35,36,41). The highest BCUT2D eigenvalue weighted by atomic mass is 32.1. The third-order valence-electron chi connectivity index (χ3n) is 7.92. The van der Waals surface area contributed by atoms with Crippen LogP contribution in [0.15, 0.2) is 73.3 Å². The minimum absolute atomic E-state index is 0.136. The Balaban J connectivity index is 1.13. The number of carbonyl (C=O) groups excluding carboxylic acids is 2. The zero-order chi connectivity index (χ0) is 29.3. The van der Waals surface area contributed by atoms with Crippen molar-refractivity contribution in [2.24, 2.45) is 0 Å². The molecular weight excluding hydrogens is 560 g/mol. The molecular formula is C32H30N8O2S. The van der Waals surface area contributed by atoms with Gasteiger partial charge >= 0.3 is 0 Å². The van der Waals surface area contributed by atoms with Crippen LogP contribution in [0.1, 0.15) is 23.7 Å². The first-order valence-electron chi connectivity index (χ1n) is 14.4. The van der Waals surface area contributed by atoms with Crippen molar-refractivity contribution in [2.75, 3.05) is 36.4 Å². The Hall–Kier alpha value is -4.90. The molecule has 10 nitrogen and oxygen atoms in total. The second-order valence-electron chi connectivity index (χ2n) is 10.7. The van der Waals surface area contributed by atoms with Gasteiger partial charge in [0, 0.05) is 74.7 Å². The van der Waals surface area contributed by atoms with Crippen molar-refractivity contribution in [1.29, 1.82) is 0 Å². The molecule has 216 valence electrons. The number of fused-ring (bicyclic) bond motifs is 3. The topological polar surface area (TPSA) is 109 Å². The molecule has 11 heteroatoms. The monoisotopic (exact) mass is 590 g/mol. The van der Waals surface area contributed by atoms with Crippen LogP contribution in [0.5, 0.6) is 0 Å². The van der Waals surface area contributed by atoms with Gasteiger partial charge in [-0.05, 0) is 54.8 Å². The first-order valence-corrected chi connectivity index (χ1v) is 15.2. The second-order valence-corrected chi connectivity index (χ2v) is 11.7. The lowest BCUT2D eigenvalue weighted by molar-refractivity contribution is -0.130. The molecule has 0 radical (unpaired) electrons. The number of nitrogens with zero attached hydrogens (tertiary/aromatic N) is 7. The van der Waals surface area contributed by atoms with E-state index in [0.29, 0.717) is 24.6 Å². The van der Waals surface area contributed by atoms with Crippen LogP contribution in [0.2, 0.25) is 0 Å². The number of aryl methyl sites for hydroxylation is 1. The summed E-state index contributed by atoms with van der Waals surface area (Å²) in [6.45, 7) is 4.51. The van der Waals surface area contributed by atoms with Crippen LogP contribution in [0, 0.1) is 0 Å². The molecule has 2 aliphatic rings. The van der Waals surface area contributed by atoms with E-state index in [1.807, 2.05) is 64.3 Å². The molecule has 4 aromatic heterocycles. The minimum atomic E-state index is -0.142. The van der Waals surface area contributed by atoms with E-state index in [4.69, 9.17) is 10.1 Å². The van der Waals surface area contributed by atoms with Gasteiger partial charge in [-0.2, -0.15) is 5.10 Å². The van der Waals surface area contributed by atoms with E-state index < -0.39 is 0 Å². The van der Waals surface area contributed by atoms with Crippen LogP contribution in [0.3, 0.4) is 0 Å². The van der Waals surface area contributed by atoms with Gasteiger partial charge in [0.1, 0.15) is 0 Å². The zero-order valence-corrected chi connectivity index (χ0v) is 24.5. The minimum Gasteiger partial charge on any atom is -0.368 e. The lowest BCUT2D eigenvalue weighted by Crippen LogP contribution is -2.49. The highest BCUT2D eigenvalue weighted by Crippen LogP contribution is 2.44. The Labute approximate surface area is 253 Å². The molecule has 0 bridgehead atoms. The van der Waals surface area contributed by atoms with Crippen molar-refractivity contribution in [2.45, 2.75) is 26.2 Å². The molecule has 1 saturated heterocycles. The number of carbonyl (C=O) groups is 2. The fourth-order valence-corrected chi connectivity index (χ4v) is 6.92. The Kier molecular flexibility index (Phi) is 7.15. The number of piperazine rings is 1. The van der Waals surface area contributed by atoms with Crippen molar-refractivity contribution < 1.29 is 9.59 Å². The fourth-order valence-electron chi connectivity index (χ4n) is 5.81. The Bertz CT molecular complexity index is 1780. The van der Waals surface area contributed by atoms with E-state index in [9.17, 15) is 9.59 Å². The van der Waals surface area contributed by atoms with Gasteiger partial charge in [-0.3, -0.25) is 19.6 Å². The number of aromatic nitrogens is 5. The molecule has 2 amide bonds. The molecule has 0 atom stereocenters. The van der Waals surface area contributed by atoms with Crippen LogP contribution in [-0.4, -0.2) is 67.6 Å². The average molecular weight is 591 g/mol. The van der Waals surface area contributed by atoms with Crippen LogP contribution in [0.25, 0.3) is 27.5 Å². The first-order chi connectivity index (χ1) is 21.0. The SMILES string of the molecule is CC(=O)Nc1nc2c(s1)-c1c(c(-c3cccnc3)nn1-c1ccc(CC(=O)N3CCN(c4ccncc4)CC3)cc1)CC2. The van der Waals surface area contributed by atoms with Crippen LogP contribution >= 0.6 is 11.3 Å². The largest absolute Gasteiger partial charge is 0.368 e. The van der Waals surface area contributed by atoms with Crippen molar-refractivity contribution in [3.63, 3.8) is 0 Å². The van der Waals surface area contributed by atoms with Crippen molar-refractivity contribution in [3.8, 4) is 27.5 Å². The molecule has 5 heterocycles. The number of thiazole rings is 1. The Morgan fingerprint density at radius 3 is 2.42 bits per heavy atom. The number of anilines is 2. The quantitative estimate of drug-likeness (QED) is 0.312. The number of pyridine rings is 2. The van der Waals surface area contributed by atoms with Gasteiger partial charge in [-0.25, -0.2) is 9.67 Å². The van der Waals surface area contributed by atoms with Gasteiger partial charge in [0.25, 0.3) is 0 Å². The summed E-state index contributed by atoms with van der Waals surface area (Å²) in [7, 11) is 0. The number of hydrogen-bond acceptors (Lipinski definition) is 8. The van der Waals surface area contributed by atoms with Crippen LogP contribution in [0.4, 0.5) is 10.8 Å². The predicted molar refractivity (Wildman–Crippen MR) is 166 cm³/mol. The van der Waals surface area contributed by atoms with Crippen molar-refractivity contribution >= 4 is 34.0 Å². The van der Waals surface area contributed by atoms with Gasteiger partial charge in [0.15, 0.2) is 5.13 Å². The van der Waals surface area contributed by atoms with Gasteiger partial charge in [0.2, 0.25) is 11.8 Å². The molecule has 1 aromatic carbocycles. The molecule has 1 aliphatic heterocycles. The Morgan fingerprint density at radius 1 is 0.907 bits per heavy atom. The summed E-state index contributed by atoms with van der Waals surface area (Å²) in [5.74, 6) is -0.00565. The molecule has 1 N–H and O–H groups in total. The van der Waals surface area contributed by atoms with E-state index >= 15 is 0 Å². The maximum Gasteiger partial charge on any atom is 0.227 e. The maximum atomic E-state index is 13.2. The summed E-state index contributed by atoms with van der Waals surface area (Å²) in [6, 6.07) is 16.0. The summed E-state index contributed by atoms with van der Waals surface area (Å²) >= 11 is 1.47.